The molecule has 0 bridgehead atoms. The molecule has 30 heavy (non-hydrogen) atoms. The van der Waals surface area contributed by atoms with Crippen LogP contribution >= 0.6 is 0 Å². The van der Waals surface area contributed by atoms with Crippen LogP contribution in [0.3, 0.4) is 0 Å². The number of rotatable bonds is 7. The van der Waals surface area contributed by atoms with Crippen LogP contribution in [0.25, 0.3) is 11.3 Å². The number of likely N-dealkylation sites (N-methyl/N-ethyl adjacent to an activating group) is 1. The molecule has 2 fully saturated rings. The van der Waals surface area contributed by atoms with Gasteiger partial charge in [0.15, 0.2) is 0 Å². The lowest BCUT2D eigenvalue weighted by atomic mass is 10.1. The normalized spacial score (nSPS) is 17.6. The van der Waals surface area contributed by atoms with Crippen molar-refractivity contribution in [3.8, 4) is 11.3 Å². The number of carbonyl (C=O) groups is 1. The van der Waals surface area contributed by atoms with Gasteiger partial charge in [-0.3, -0.25) is 4.79 Å². The monoisotopic (exact) mass is 409 g/mol. The van der Waals surface area contributed by atoms with Crippen LogP contribution in [-0.2, 0) is 4.79 Å². The third kappa shape index (κ3) is 4.99. The minimum Gasteiger partial charge on any atom is -0.370 e. The maximum Gasteiger partial charge on any atom is 0.222 e. The molecule has 3 heterocycles. The number of benzene rings is 1. The number of nitrogens with zero attached hydrogens (tertiary/aromatic N) is 5. The van der Waals surface area contributed by atoms with Gasteiger partial charge >= 0.3 is 0 Å². The molecule has 0 aliphatic carbocycles. The molecule has 1 aromatic carbocycles. The van der Waals surface area contributed by atoms with E-state index in [1.165, 1.54) is 5.69 Å². The van der Waals surface area contributed by atoms with Crippen LogP contribution in [0.1, 0.15) is 19.3 Å². The van der Waals surface area contributed by atoms with Crippen LogP contribution in [0.4, 0.5) is 17.5 Å². The maximum atomic E-state index is 11.7. The molecule has 2 aromatic rings. The number of piperazine rings is 1. The average Bonchev–Trinajstić information content (AvgIpc) is 3.16. The van der Waals surface area contributed by atoms with Crippen LogP contribution in [0.15, 0.2) is 30.3 Å². The molecule has 0 radical (unpaired) electrons. The number of anilines is 3. The number of nitrogens with one attached hydrogen (secondary N) is 1. The van der Waals surface area contributed by atoms with Crippen molar-refractivity contribution >= 4 is 23.4 Å². The van der Waals surface area contributed by atoms with E-state index in [-0.39, 0.29) is 11.9 Å². The fourth-order valence-electron chi connectivity index (χ4n) is 4.04. The fraction of sp³-hybridized carbons (Fsp3) is 0.500. The number of hydrogen-bond donors (Lipinski definition) is 2. The van der Waals surface area contributed by atoms with E-state index in [4.69, 9.17) is 5.73 Å². The molecule has 4 rings (SSSR count). The van der Waals surface area contributed by atoms with Gasteiger partial charge in [0.05, 0.1) is 5.69 Å². The molecular weight excluding hydrogens is 378 g/mol. The Morgan fingerprint density at radius 1 is 1.07 bits per heavy atom. The van der Waals surface area contributed by atoms with Gasteiger partial charge in [-0.05, 0) is 32.0 Å². The van der Waals surface area contributed by atoms with Crippen molar-refractivity contribution < 1.29 is 4.79 Å². The smallest absolute Gasteiger partial charge is 0.222 e. The zero-order chi connectivity index (χ0) is 20.9. The van der Waals surface area contributed by atoms with Crippen molar-refractivity contribution in [3.05, 3.63) is 30.3 Å². The first-order valence-corrected chi connectivity index (χ1v) is 10.8. The van der Waals surface area contributed by atoms with Gasteiger partial charge in [-0.1, -0.05) is 12.1 Å². The predicted molar refractivity (Wildman–Crippen MR) is 121 cm³/mol. The maximum absolute atomic E-state index is 11.7. The average molecular weight is 410 g/mol. The molecule has 0 spiro atoms. The SMILES string of the molecule is CN1CCN(c2ccc(-c3cc(NCCCN4CCCC4=O)nc(N)n3)cc2)CC1. The second kappa shape index (κ2) is 9.30. The van der Waals surface area contributed by atoms with E-state index in [1.54, 1.807) is 0 Å². The lowest BCUT2D eigenvalue weighted by Gasteiger charge is -2.34. The highest BCUT2D eigenvalue weighted by Crippen LogP contribution is 2.24. The standard InChI is InChI=1S/C22H31N7O/c1-27-12-14-28(15-13-27)18-7-5-17(6-8-18)19-16-20(26-22(23)25-19)24-9-3-11-29-10-2-4-21(29)30/h5-8,16H,2-4,9-15H2,1H3,(H3,23,24,25,26). The van der Waals surface area contributed by atoms with E-state index in [0.717, 1.165) is 69.9 Å². The lowest BCUT2D eigenvalue weighted by Crippen LogP contribution is -2.44. The third-order valence-electron chi connectivity index (χ3n) is 5.86. The fourth-order valence-corrected chi connectivity index (χ4v) is 4.04. The summed E-state index contributed by atoms with van der Waals surface area (Å²) in [4.78, 5) is 27.1. The quantitative estimate of drug-likeness (QED) is 0.675. The van der Waals surface area contributed by atoms with Gasteiger partial charge < -0.3 is 25.8 Å². The molecule has 160 valence electrons. The second-order valence-corrected chi connectivity index (χ2v) is 8.10. The summed E-state index contributed by atoms with van der Waals surface area (Å²) in [5, 5.41) is 3.32. The number of nitrogen functional groups attached to an aromatic ring is 1. The summed E-state index contributed by atoms with van der Waals surface area (Å²) in [5.41, 5.74) is 9.02. The Morgan fingerprint density at radius 2 is 1.83 bits per heavy atom. The molecule has 0 unspecified atom stereocenters. The summed E-state index contributed by atoms with van der Waals surface area (Å²) >= 11 is 0. The molecule has 2 aliphatic rings. The van der Waals surface area contributed by atoms with Crippen molar-refractivity contribution in [1.82, 2.24) is 19.8 Å². The van der Waals surface area contributed by atoms with E-state index in [2.05, 4.69) is 56.4 Å². The number of carbonyl (C=O) groups excluding carboxylic acids is 1. The number of likely N-dealkylation sites (tertiary alicyclic amines) is 1. The Bertz CT molecular complexity index is 862. The Hall–Kier alpha value is -2.87. The second-order valence-electron chi connectivity index (χ2n) is 8.10. The predicted octanol–water partition coefficient (Wildman–Crippen LogP) is 1.90. The van der Waals surface area contributed by atoms with Crippen LogP contribution in [0.5, 0.6) is 0 Å². The molecule has 2 aliphatic heterocycles. The molecule has 0 atom stereocenters. The van der Waals surface area contributed by atoms with Crippen molar-refractivity contribution in [2.45, 2.75) is 19.3 Å². The molecule has 1 aromatic heterocycles. The minimum absolute atomic E-state index is 0.257. The van der Waals surface area contributed by atoms with E-state index < -0.39 is 0 Å². The molecular formula is C22H31N7O. The highest BCUT2D eigenvalue weighted by Gasteiger charge is 2.19. The summed E-state index contributed by atoms with van der Waals surface area (Å²) in [5.74, 6) is 1.24. The Balaban J connectivity index is 1.36. The summed E-state index contributed by atoms with van der Waals surface area (Å²) in [7, 11) is 2.16. The van der Waals surface area contributed by atoms with Crippen LogP contribution in [0.2, 0.25) is 0 Å². The Kier molecular flexibility index (Phi) is 6.32. The summed E-state index contributed by atoms with van der Waals surface area (Å²) < 4.78 is 0. The first-order valence-electron chi connectivity index (χ1n) is 10.8. The van der Waals surface area contributed by atoms with Crippen LogP contribution in [-0.4, -0.2) is 78.5 Å². The van der Waals surface area contributed by atoms with E-state index >= 15 is 0 Å². The lowest BCUT2D eigenvalue weighted by molar-refractivity contribution is -0.127. The summed E-state index contributed by atoms with van der Waals surface area (Å²) in [6.07, 6.45) is 2.54. The van der Waals surface area contributed by atoms with Crippen molar-refractivity contribution in [2.24, 2.45) is 0 Å². The number of nitrogens with two attached hydrogens (primary N) is 1. The molecule has 3 N–H and O–H groups in total. The summed E-state index contributed by atoms with van der Waals surface area (Å²) in [6, 6.07) is 10.4. The van der Waals surface area contributed by atoms with Crippen LogP contribution < -0.4 is 16.0 Å². The van der Waals surface area contributed by atoms with Gasteiger partial charge in [0.25, 0.3) is 0 Å². The van der Waals surface area contributed by atoms with Gasteiger partial charge in [-0.25, -0.2) is 4.98 Å². The minimum atomic E-state index is 0.257. The van der Waals surface area contributed by atoms with Crippen LogP contribution in [0, 0.1) is 0 Å². The Labute approximate surface area is 178 Å². The van der Waals surface area contributed by atoms with E-state index in [1.807, 2.05) is 11.0 Å². The van der Waals surface area contributed by atoms with Gasteiger partial charge in [0, 0.05) is 69.6 Å². The highest BCUT2D eigenvalue weighted by molar-refractivity contribution is 5.78. The van der Waals surface area contributed by atoms with Gasteiger partial charge in [0.1, 0.15) is 5.82 Å². The number of hydrogen-bond acceptors (Lipinski definition) is 7. The van der Waals surface area contributed by atoms with E-state index in [9.17, 15) is 4.79 Å². The third-order valence-corrected chi connectivity index (χ3v) is 5.86. The number of aromatic nitrogens is 2. The van der Waals surface area contributed by atoms with Crippen molar-refractivity contribution in [2.75, 3.05) is 68.8 Å². The van der Waals surface area contributed by atoms with Gasteiger partial charge in [-0.2, -0.15) is 4.98 Å². The highest BCUT2D eigenvalue weighted by atomic mass is 16.2. The molecule has 0 saturated carbocycles. The molecule has 1 amide bonds. The van der Waals surface area contributed by atoms with Crippen molar-refractivity contribution in [1.29, 1.82) is 0 Å². The largest absolute Gasteiger partial charge is 0.370 e. The molecule has 8 nitrogen and oxygen atoms in total. The zero-order valence-electron chi connectivity index (χ0n) is 17.7. The van der Waals surface area contributed by atoms with Gasteiger partial charge in [-0.15, -0.1) is 0 Å². The zero-order valence-corrected chi connectivity index (χ0v) is 17.7. The molecule has 8 heteroatoms. The van der Waals surface area contributed by atoms with E-state index in [0.29, 0.717) is 12.2 Å². The Morgan fingerprint density at radius 3 is 2.53 bits per heavy atom. The van der Waals surface area contributed by atoms with Gasteiger partial charge in [0.2, 0.25) is 11.9 Å². The van der Waals surface area contributed by atoms with Crippen molar-refractivity contribution in [3.63, 3.8) is 0 Å². The first kappa shape index (κ1) is 20.4. The topological polar surface area (TPSA) is 90.6 Å². The molecule has 2 saturated heterocycles. The summed E-state index contributed by atoms with van der Waals surface area (Å²) in [6.45, 7) is 6.68. The number of amides is 1. The first-order chi connectivity index (χ1) is 14.6.